The van der Waals surface area contributed by atoms with E-state index in [-0.39, 0.29) is 1.43 Å². The molecule has 3 rings (SSSR count). The van der Waals surface area contributed by atoms with Crippen molar-refractivity contribution in [3.63, 3.8) is 0 Å². The van der Waals surface area contributed by atoms with Gasteiger partial charge in [0.2, 0.25) is 0 Å². The first-order chi connectivity index (χ1) is 9.65. The highest BCUT2D eigenvalue weighted by atomic mass is 15.1. The van der Waals surface area contributed by atoms with Crippen LogP contribution >= 0.6 is 0 Å². The van der Waals surface area contributed by atoms with E-state index in [2.05, 4.69) is 55.2 Å². The second-order valence-corrected chi connectivity index (χ2v) is 5.67. The molecule has 0 bridgehead atoms. The maximum Gasteiger partial charge on any atom is 0.0887 e. The Hall–Kier alpha value is -2.09. The van der Waals surface area contributed by atoms with Gasteiger partial charge in [0.25, 0.3) is 0 Å². The van der Waals surface area contributed by atoms with Gasteiger partial charge >= 0.3 is 0 Å². The topological polar surface area (TPSA) is 28.7 Å². The number of allylic oxidation sites excluding steroid dienone is 4. The van der Waals surface area contributed by atoms with Gasteiger partial charge in [0, 0.05) is 1.43 Å². The number of H-pyrrole nitrogens is 1. The van der Waals surface area contributed by atoms with Crippen LogP contribution in [0.5, 0.6) is 0 Å². The molecule has 1 unspecified atom stereocenters. The lowest BCUT2D eigenvalue weighted by Crippen LogP contribution is -2.05. The average molecular weight is 266 g/mol. The van der Waals surface area contributed by atoms with E-state index in [0.29, 0.717) is 5.92 Å². The molecule has 0 saturated carbocycles. The van der Waals surface area contributed by atoms with E-state index < -0.39 is 0 Å². The van der Waals surface area contributed by atoms with Crippen LogP contribution in [0.1, 0.15) is 34.3 Å². The molecule has 0 fully saturated rings. The van der Waals surface area contributed by atoms with Crippen molar-refractivity contribution in [2.75, 3.05) is 0 Å². The minimum Gasteiger partial charge on any atom is -0.277 e. The summed E-state index contributed by atoms with van der Waals surface area (Å²) in [5.74, 6) is 0.604. The van der Waals surface area contributed by atoms with Crippen LogP contribution in [-0.2, 0) is 0 Å². The third-order valence-corrected chi connectivity index (χ3v) is 4.27. The summed E-state index contributed by atoms with van der Waals surface area (Å²) in [6.45, 7) is 6.71. The molecule has 1 aliphatic rings. The molecule has 2 aromatic rings. The Labute approximate surface area is 121 Å². The number of hydrogen-bond donors (Lipinski definition) is 1. The summed E-state index contributed by atoms with van der Waals surface area (Å²) in [5.41, 5.74) is 7.54. The van der Waals surface area contributed by atoms with Gasteiger partial charge in [-0.1, -0.05) is 54.5 Å². The number of benzene rings is 1. The third-order valence-electron chi connectivity index (χ3n) is 4.27. The number of aromatic amines is 1. The Kier molecular flexibility index (Phi) is 3.31. The number of aromatic nitrogens is 2. The van der Waals surface area contributed by atoms with Crippen molar-refractivity contribution in [2.45, 2.75) is 27.2 Å². The summed E-state index contributed by atoms with van der Waals surface area (Å²) in [4.78, 5) is 0. The first kappa shape index (κ1) is 12.9. The fourth-order valence-corrected chi connectivity index (χ4v) is 2.74. The van der Waals surface area contributed by atoms with Gasteiger partial charge in [0.15, 0.2) is 0 Å². The number of nitrogens with zero attached hydrogens (tertiary/aromatic N) is 1. The first-order valence-corrected chi connectivity index (χ1v) is 7.14. The zero-order valence-electron chi connectivity index (χ0n) is 12.3. The molecule has 0 spiro atoms. The largest absolute Gasteiger partial charge is 0.277 e. The monoisotopic (exact) mass is 266 g/mol. The molecule has 1 N–H and O–H groups in total. The zero-order chi connectivity index (χ0) is 14.1. The molecule has 1 aromatic heterocycles. The summed E-state index contributed by atoms with van der Waals surface area (Å²) < 4.78 is 0. The molecule has 1 aliphatic carbocycles. The smallest absolute Gasteiger partial charge is 0.0887 e. The Morgan fingerprint density at radius 1 is 1.20 bits per heavy atom. The SMILES string of the molecule is CC1=C(C)C(C)CC(c2cc(-c3ccccc3)[nH]n2)=C1.[HH]. The van der Waals surface area contributed by atoms with Gasteiger partial charge in [-0.05, 0) is 43.4 Å². The highest BCUT2D eigenvalue weighted by Crippen LogP contribution is 2.34. The molecular formula is C18H22N2. The Bertz CT molecular complexity index is 680. The van der Waals surface area contributed by atoms with E-state index in [1.54, 1.807) is 0 Å². The molecule has 0 amide bonds. The van der Waals surface area contributed by atoms with Gasteiger partial charge in [-0.15, -0.1) is 0 Å². The van der Waals surface area contributed by atoms with E-state index in [0.717, 1.165) is 17.8 Å². The van der Waals surface area contributed by atoms with Gasteiger partial charge in [0.1, 0.15) is 0 Å². The lowest BCUT2D eigenvalue weighted by atomic mass is 9.84. The quantitative estimate of drug-likeness (QED) is 0.806. The molecule has 0 saturated heterocycles. The summed E-state index contributed by atoms with van der Waals surface area (Å²) >= 11 is 0. The van der Waals surface area contributed by atoms with Crippen LogP contribution in [-0.4, -0.2) is 10.2 Å². The van der Waals surface area contributed by atoms with Gasteiger partial charge in [-0.2, -0.15) is 5.10 Å². The average Bonchev–Trinajstić information content (AvgIpc) is 2.95. The number of nitrogens with one attached hydrogen (secondary N) is 1. The summed E-state index contributed by atoms with van der Waals surface area (Å²) in [7, 11) is 0. The molecule has 1 heterocycles. The van der Waals surface area contributed by atoms with Crippen LogP contribution in [0.25, 0.3) is 16.8 Å². The molecule has 1 atom stereocenters. The molecule has 104 valence electrons. The van der Waals surface area contributed by atoms with Crippen LogP contribution in [0.4, 0.5) is 0 Å². The fraction of sp³-hybridized carbons (Fsp3) is 0.278. The van der Waals surface area contributed by atoms with Crippen LogP contribution < -0.4 is 0 Å². The number of rotatable bonds is 2. The molecular weight excluding hydrogens is 244 g/mol. The van der Waals surface area contributed by atoms with Crippen molar-refractivity contribution in [1.82, 2.24) is 10.2 Å². The van der Waals surface area contributed by atoms with E-state index in [4.69, 9.17) is 0 Å². The van der Waals surface area contributed by atoms with Crippen molar-refractivity contribution in [1.29, 1.82) is 0 Å². The van der Waals surface area contributed by atoms with Crippen molar-refractivity contribution >= 4 is 5.57 Å². The van der Waals surface area contributed by atoms with Gasteiger partial charge < -0.3 is 0 Å². The minimum absolute atomic E-state index is 0. The highest BCUT2D eigenvalue weighted by molar-refractivity contribution is 5.72. The maximum atomic E-state index is 4.49. The molecule has 0 aliphatic heterocycles. The normalized spacial score (nSPS) is 19.1. The second-order valence-electron chi connectivity index (χ2n) is 5.67. The predicted molar refractivity (Wildman–Crippen MR) is 86.3 cm³/mol. The molecule has 20 heavy (non-hydrogen) atoms. The molecule has 0 radical (unpaired) electrons. The van der Waals surface area contributed by atoms with Crippen LogP contribution in [0.3, 0.4) is 0 Å². The van der Waals surface area contributed by atoms with Gasteiger partial charge in [0.05, 0.1) is 11.4 Å². The first-order valence-electron chi connectivity index (χ1n) is 7.14. The molecule has 2 nitrogen and oxygen atoms in total. The second kappa shape index (κ2) is 5.12. The Morgan fingerprint density at radius 2 is 1.95 bits per heavy atom. The summed E-state index contributed by atoms with van der Waals surface area (Å²) in [6.07, 6.45) is 3.35. The van der Waals surface area contributed by atoms with Crippen molar-refractivity contribution in [3.05, 3.63) is 59.3 Å². The number of hydrogen-bond acceptors (Lipinski definition) is 1. The zero-order valence-corrected chi connectivity index (χ0v) is 12.3. The molecule has 1 aromatic carbocycles. The highest BCUT2D eigenvalue weighted by Gasteiger charge is 2.18. The predicted octanol–water partition coefficient (Wildman–Crippen LogP) is 5.08. The van der Waals surface area contributed by atoms with Crippen molar-refractivity contribution in [3.8, 4) is 11.3 Å². The van der Waals surface area contributed by atoms with Crippen molar-refractivity contribution < 1.29 is 1.43 Å². The Morgan fingerprint density at radius 3 is 2.65 bits per heavy atom. The minimum atomic E-state index is 0. The fourth-order valence-electron chi connectivity index (χ4n) is 2.74. The van der Waals surface area contributed by atoms with E-state index in [1.165, 1.54) is 22.3 Å². The lowest BCUT2D eigenvalue weighted by molar-refractivity contribution is 0.687. The molecule has 2 heteroatoms. The van der Waals surface area contributed by atoms with Crippen LogP contribution in [0.15, 0.2) is 53.6 Å². The van der Waals surface area contributed by atoms with Gasteiger partial charge in [-0.25, -0.2) is 0 Å². The van der Waals surface area contributed by atoms with E-state index in [9.17, 15) is 0 Å². The lowest BCUT2D eigenvalue weighted by Gasteiger charge is -2.21. The standard InChI is InChI=1S/C18H20N2.H2/c1-12-9-16(10-13(2)14(12)3)18-11-17(19-20-18)15-7-5-4-6-8-15;/h4-9,11,13H,10H2,1-3H3,(H,19,20);1H. The van der Waals surface area contributed by atoms with Crippen LogP contribution in [0, 0.1) is 5.92 Å². The third kappa shape index (κ3) is 2.34. The Balaban J connectivity index is 0.00000161. The van der Waals surface area contributed by atoms with Crippen molar-refractivity contribution in [2.24, 2.45) is 5.92 Å². The maximum absolute atomic E-state index is 4.49. The summed E-state index contributed by atoms with van der Waals surface area (Å²) in [5, 5.41) is 7.65. The van der Waals surface area contributed by atoms with Gasteiger partial charge in [-0.3, -0.25) is 5.10 Å². The van der Waals surface area contributed by atoms with Crippen LogP contribution in [0.2, 0.25) is 0 Å². The van der Waals surface area contributed by atoms with E-state index >= 15 is 0 Å². The van der Waals surface area contributed by atoms with E-state index in [1.807, 2.05) is 18.2 Å². The summed E-state index contributed by atoms with van der Waals surface area (Å²) in [6, 6.07) is 12.5.